The number of hydrogen-bond donors (Lipinski definition) is 2. The third-order valence-electron chi connectivity index (χ3n) is 6.96. The highest BCUT2D eigenvalue weighted by molar-refractivity contribution is 5.90. The van der Waals surface area contributed by atoms with Gasteiger partial charge in [0.2, 0.25) is 5.91 Å². The van der Waals surface area contributed by atoms with Gasteiger partial charge in [-0.3, -0.25) is 14.0 Å². The first kappa shape index (κ1) is 23.8. The number of aromatic nitrogens is 6. The number of likely N-dealkylation sites (tertiary alicyclic amines) is 1. The van der Waals surface area contributed by atoms with Crippen LogP contribution in [0.3, 0.4) is 0 Å². The molecule has 0 saturated carbocycles. The van der Waals surface area contributed by atoms with Crippen LogP contribution in [0.5, 0.6) is 0 Å². The van der Waals surface area contributed by atoms with Crippen molar-refractivity contribution in [1.82, 2.24) is 34.2 Å². The quantitative estimate of drug-likeness (QED) is 0.367. The first-order valence-electron chi connectivity index (χ1n) is 12.7. The lowest BCUT2D eigenvalue weighted by Crippen LogP contribution is -2.31. The van der Waals surface area contributed by atoms with Gasteiger partial charge in [-0.2, -0.15) is 5.10 Å². The van der Waals surface area contributed by atoms with Crippen molar-refractivity contribution >= 4 is 28.4 Å². The van der Waals surface area contributed by atoms with E-state index in [9.17, 15) is 4.79 Å². The molecule has 0 atom stereocenters. The molecule has 10 nitrogen and oxygen atoms in total. The monoisotopic (exact) mass is 507 g/mol. The van der Waals surface area contributed by atoms with Crippen molar-refractivity contribution in [3.8, 4) is 28.5 Å². The second-order valence-corrected chi connectivity index (χ2v) is 9.72. The highest BCUT2D eigenvalue weighted by Gasteiger charge is 2.22. The Bertz CT molecular complexity index is 1630. The summed E-state index contributed by atoms with van der Waals surface area (Å²) in [5.41, 5.74) is 11.6. The number of para-hydroxylation sites is 2. The van der Waals surface area contributed by atoms with E-state index in [1.807, 2.05) is 70.2 Å². The summed E-state index contributed by atoms with van der Waals surface area (Å²) in [6, 6.07) is 15.8. The Balaban J connectivity index is 1.43. The summed E-state index contributed by atoms with van der Waals surface area (Å²) in [6.45, 7) is 3.61. The van der Waals surface area contributed by atoms with Crippen molar-refractivity contribution in [3.05, 3.63) is 67.1 Å². The van der Waals surface area contributed by atoms with E-state index < -0.39 is 0 Å². The predicted octanol–water partition coefficient (Wildman–Crippen LogP) is 4.15. The molecule has 4 heterocycles. The van der Waals surface area contributed by atoms with Gasteiger partial charge in [0, 0.05) is 30.1 Å². The number of carbonyl (C=O) groups excluding carboxylic acids is 1. The second kappa shape index (κ2) is 9.71. The van der Waals surface area contributed by atoms with Crippen LogP contribution in [-0.2, 0) is 4.79 Å². The summed E-state index contributed by atoms with van der Waals surface area (Å²) < 4.78 is 4.04. The fourth-order valence-corrected chi connectivity index (χ4v) is 5.00. The number of nitrogens with one attached hydrogen (secondary N) is 1. The van der Waals surface area contributed by atoms with Crippen LogP contribution in [0.2, 0.25) is 0 Å². The van der Waals surface area contributed by atoms with Gasteiger partial charge in [-0.05, 0) is 63.3 Å². The average molecular weight is 508 g/mol. The average Bonchev–Trinajstić information content (AvgIpc) is 3.55. The molecule has 5 aromatic rings. The Kier molecular flexibility index (Phi) is 6.09. The van der Waals surface area contributed by atoms with Gasteiger partial charge in [0.05, 0.1) is 35.2 Å². The van der Waals surface area contributed by atoms with Crippen molar-refractivity contribution in [3.63, 3.8) is 0 Å². The topological polar surface area (TPSA) is 120 Å². The highest BCUT2D eigenvalue weighted by atomic mass is 16.1. The summed E-state index contributed by atoms with van der Waals surface area (Å²) in [4.78, 5) is 28.3. The number of hydrogen-bond acceptors (Lipinski definition) is 7. The van der Waals surface area contributed by atoms with E-state index in [2.05, 4.69) is 27.3 Å². The molecule has 1 saturated heterocycles. The number of nitrogens with two attached hydrogens (primary N) is 1. The van der Waals surface area contributed by atoms with Crippen molar-refractivity contribution in [1.29, 1.82) is 0 Å². The van der Waals surface area contributed by atoms with E-state index >= 15 is 0 Å². The number of benzene rings is 2. The highest BCUT2D eigenvalue weighted by Crippen LogP contribution is 2.32. The molecule has 38 heavy (non-hydrogen) atoms. The van der Waals surface area contributed by atoms with Gasteiger partial charge >= 0.3 is 0 Å². The zero-order valence-corrected chi connectivity index (χ0v) is 21.4. The number of carbonyl (C=O) groups is 1. The number of anilines is 2. The normalized spacial score (nSPS) is 14.7. The fourth-order valence-electron chi connectivity index (χ4n) is 5.00. The summed E-state index contributed by atoms with van der Waals surface area (Å²) in [7, 11) is 2.15. The van der Waals surface area contributed by atoms with Crippen molar-refractivity contribution in [2.75, 3.05) is 31.2 Å². The van der Waals surface area contributed by atoms with Crippen molar-refractivity contribution in [2.24, 2.45) is 0 Å². The van der Waals surface area contributed by atoms with Crippen LogP contribution in [0.4, 0.5) is 11.5 Å². The maximum Gasteiger partial charge on any atom is 0.221 e. The minimum absolute atomic E-state index is 0.138. The molecule has 1 amide bonds. The first-order valence-corrected chi connectivity index (χ1v) is 12.7. The Morgan fingerprint density at radius 1 is 1.05 bits per heavy atom. The lowest BCUT2D eigenvalue weighted by Gasteiger charge is -2.28. The number of amides is 1. The van der Waals surface area contributed by atoms with Crippen LogP contribution < -0.4 is 11.1 Å². The maximum atomic E-state index is 11.7. The molecule has 0 bridgehead atoms. The van der Waals surface area contributed by atoms with E-state index in [-0.39, 0.29) is 11.7 Å². The van der Waals surface area contributed by atoms with Crippen molar-refractivity contribution in [2.45, 2.75) is 25.8 Å². The molecule has 3 aromatic heterocycles. The van der Waals surface area contributed by atoms with Gasteiger partial charge in [-0.1, -0.05) is 18.2 Å². The molecule has 0 unspecified atom stereocenters. The molecule has 1 aliphatic rings. The SMILES string of the molecule is CC(=O)Nc1cccc(-n2c(-c3nc(-c4cnn(C5CCN(C)CC5)c4)cnc3N)nc3ccccc32)c1. The number of nitrogens with zero attached hydrogens (tertiary/aromatic N) is 7. The molecule has 0 aliphatic carbocycles. The molecule has 0 spiro atoms. The Hall–Kier alpha value is -4.57. The standard InChI is InChI=1S/C28H29N9O/c1-18(38)32-20-6-5-7-22(14-20)37-25-9-4-3-8-23(25)34-28(37)26-27(29)30-16-24(33-26)19-15-31-36(17-19)21-10-12-35(2)13-11-21/h3-9,14-17,21H,10-13H2,1-2H3,(H2,29,30)(H,32,38). The van der Waals surface area contributed by atoms with Gasteiger partial charge in [0.1, 0.15) is 5.69 Å². The number of fused-ring (bicyclic) bond motifs is 1. The smallest absolute Gasteiger partial charge is 0.221 e. The lowest BCUT2D eigenvalue weighted by atomic mass is 10.1. The van der Waals surface area contributed by atoms with Gasteiger partial charge in [0.25, 0.3) is 0 Å². The number of imidazole rings is 1. The number of nitrogen functional groups attached to an aromatic ring is 1. The molecule has 6 rings (SSSR count). The minimum atomic E-state index is -0.138. The zero-order valence-electron chi connectivity index (χ0n) is 21.4. The molecule has 1 fully saturated rings. The van der Waals surface area contributed by atoms with Crippen LogP contribution in [0.15, 0.2) is 67.1 Å². The van der Waals surface area contributed by atoms with Gasteiger partial charge in [-0.25, -0.2) is 15.0 Å². The molecule has 1 aliphatic heterocycles. The summed E-state index contributed by atoms with van der Waals surface area (Å²) >= 11 is 0. The molecule has 10 heteroatoms. The molecular formula is C28H29N9O. The lowest BCUT2D eigenvalue weighted by molar-refractivity contribution is -0.114. The third kappa shape index (κ3) is 4.50. The Morgan fingerprint density at radius 3 is 2.68 bits per heavy atom. The fraction of sp³-hybridized carbons (Fsp3) is 0.250. The van der Waals surface area contributed by atoms with Gasteiger partial charge < -0.3 is 16.0 Å². The van der Waals surface area contributed by atoms with E-state index in [0.29, 0.717) is 28.9 Å². The van der Waals surface area contributed by atoms with Crippen LogP contribution >= 0.6 is 0 Å². The summed E-state index contributed by atoms with van der Waals surface area (Å²) in [5.74, 6) is 0.716. The summed E-state index contributed by atoms with van der Waals surface area (Å²) in [6.07, 6.45) is 7.69. The van der Waals surface area contributed by atoms with E-state index in [1.54, 1.807) is 6.20 Å². The zero-order chi connectivity index (χ0) is 26.2. The second-order valence-electron chi connectivity index (χ2n) is 9.72. The van der Waals surface area contributed by atoms with Gasteiger partial charge in [0.15, 0.2) is 11.6 Å². The van der Waals surface area contributed by atoms with Crippen LogP contribution in [0.1, 0.15) is 25.8 Å². The van der Waals surface area contributed by atoms with Crippen molar-refractivity contribution < 1.29 is 4.79 Å². The molecule has 0 radical (unpaired) electrons. The van der Waals surface area contributed by atoms with Crippen LogP contribution in [-0.4, -0.2) is 60.2 Å². The molecule has 3 N–H and O–H groups in total. The number of piperidine rings is 1. The maximum absolute atomic E-state index is 11.7. The first-order chi connectivity index (χ1) is 18.5. The van der Waals surface area contributed by atoms with E-state index in [0.717, 1.165) is 48.2 Å². The van der Waals surface area contributed by atoms with Gasteiger partial charge in [-0.15, -0.1) is 0 Å². The predicted molar refractivity (Wildman–Crippen MR) is 148 cm³/mol. The molecule has 2 aromatic carbocycles. The third-order valence-corrected chi connectivity index (χ3v) is 6.96. The Labute approximate surface area is 220 Å². The largest absolute Gasteiger partial charge is 0.382 e. The molecular weight excluding hydrogens is 478 g/mol. The summed E-state index contributed by atoms with van der Waals surface area (Å²) in [5, 5.41) is 7.49. The van der Waals surface area contributed by atoms with E-state index in [4.69, 9.17) is 15.7 Å². The van der Waals surface area contributed by atoms with Crippen LogP contribution in [0, 0.1) is 0 Å². The van der Waals surface area contributed by atoms with E-state index in [1.165, 1.54) is 6.92 Å². The minimum Gasteiger partial charge on any atom is -0.382 e. The number of rotatable bonds is 5. The molecule has 192 valence electrons. The Morgan fingerprint density at radius 2 is 1.87 bits per heavy atom. The van der Waals surface area contributed by atoms with Crippen LogP contribution in [0.25, 0.3) is 39.5 Å².